The summed E-state index contributed by atoms with van der Waals surface area (Å²) in [5.41, 5.74) is 7.13. The van der Waals surface area contributed by atoms with Crippen LogP contribution in [0.15, 0.2) is 18.2 Å². The predicted molar refractivity (Wildman–Crippen MR) is 69.6 cm³/mol. The van der Waals surface area contributed by atoms with Crippen molar-refractivity contribution < 1.29 is 4.74 Å². The molecule has 2 N–H and O–H groups in total. The zero-order valence-corrected chi connectivity index (χ0v) is 11.0. The van der Waals surface area contributed by atoms with Gasteiger partial charge in [-0.25, -0.2) is 0 Å². The highest BCUT2D eigenvalue weighted by Gasteiger charge is 2.50. The van der Waals surface area contributed by atoms with Crippen LogP contribution in [0.3, 0.4) is 0 Å². The van der Waals surface area contributed by atoms with Gasteiger partial charge in [-0.3, -0.25) is 0 Å². The van der Waals surface area contributed by atoms with Gasteiger partial charge in [0.2, 0.25) is 0 Å². The van der Waals surface area contributed by atoms with Gasteiger partial charge in [0, 0.05) is 15.6 Å². The van der Waals surface area contributed by atoms with Gasteiger partial charge in [0.15, 0.2) is 0 Å². The lowest BCUT2D eigenvalue weighted by molar-refractivity contribution is 0.0856. The molecule has 4 heteroatoms. The second-order valence-corrected chi connectivity index (χ2v) is 5.95. The van der Waals surface area contributed by atoms with E-state index in [4.69, 9.17) is 33.7 Å². The minimum absolute atomic E-state index is 0.167. The average molecular weight is 272 g/mol. The summed E-state index contributed by atoms with van der Waals surface area (Å²) in [6.45, 7) is 0. The van der Waals surface area contributed by atoms with Crippen molar-refractivity contribution in [3.63, 3.8) is 0 Å². The van der Waals surface area contributed by atoms with Gasteiger partial charge >= 0.3 is 0 Å². The third-order valence-electron chi connectivity index (χ3n) is 3.92. The number of fused-ring (bicyclic) bond motifs is 2. The van der Waals surface area contributed by atoms with Crippen molar-refractivity contribution in [3.8, 4) is 0 Å². The van der Waals surface area contributed by atoms with Gasteiger partial charge in [-0.1, -0.05) is 29.3 Å². The lowest BCUT2D eigenvalue weighted by atomic mass is 9.78. The first-order valence-electron chi connectivity index (χ1n) is 5.96. The van der Waals surface area contributed by atoms with E-state index in [-0.39, 0.29) is 11.6 Å². The molecule has 2 fully saturated rings. The fraction of sp³-hybridized carbons (Fsp3) is 0.538. The van der Waals surface area contributed by atoms with Crippen LogP contribution in [0.25, 0.3) is 0 Å². The maximum Gasteiger partial charge on any atom is 0.0763 e. The molecular formula is C13H15Cl2NO. The van der Waals surface area contributed by atoms with Crippen molar-refractivity contribution in [2.45, 2.75) is 43.4 Å². The molecule has 2 bridgehead atoms. The summed E-state index contributed by atoms with van der Waals surface area (Å²) in [6, 6.07) is 5.58. The number of hydrogen-bond donors (Lipinski definition) is 1. The molecule has 92 valence electrons. The van der Waals surface area contributed by atoms with Crippen molar-refractivity contribution in [1.82, 2.24) is 0 Å². The SMILES string of the molecule is NC1(Cc2c(Cl)cccc2Cl)CC2CCC1O2. The highest BCUT2D eigenvalue weighted by Crippen LogP contribution is 2.43. The predicted octanol–water partition coefficient (Wildman–Crippen LogP) is 3.18. The summed E-state index contributed by atoms with van der Waals surface area (Å²) < 4.78 is 5.83. The molecule has 0 radical (unpaired) electrons. The largest absolute Gasteiger partial charge is 0.373 e. The van der Waals surface area contributed by atoms with E-state index in [0.29, 0.717) is 22.6 Å². The summed E-state index contributed by atoms with van der Waals surface area (Å²) in [5.74, 6) is 0. The Kier molecular flexibility index (Phi) is 2.86. The maximum atomic E-state index is 6.47. The van der Waals surface area contributed by atoms with E-state index in [2.05, 4.69) is 0 Å². The smallest absolute Gasteiger partial charge is 0.0763 e. The van der Waals surface area contributed by atoms with Crippen LogP contribution < -0.4 is 5.73 Å². The summed E-state index contributed by atoms with van der Waals surface area (Å²) in [7, 11) is 0. The van der Waals surface area contributed by atoms with Crippen LogP contribution >= 0.6 is 23.2 Å². The van der Waals surface area contributed by atoms with Gasteiger partial charge in [-0.05, 0) is 43.4 Å². The molecule has 17 heavy (non-hydrogen) atoms. The molecule has 3 rings (SSSR count). The van der Waals surface area contributed by atoms with Crippen LogP contribution in [0.2, 0.25) is 10.0 Å². The van der Waals surface area contributed by atoms with Crippen LogP contribution in [0, 0.1) is 0 Å². The van der Waals surface area contributed by atoms with Crippen molar-refractivity contribution in [2.24, 2.45) is 5.73 Å². The average Bonchev–Trinajstić information content (AvgIpc) is 2.83. The van der Waals surface area contributed by atoms with E-state index >= 15 is 0 Å². The van der Waals surface area contributed by atoms with E-state index in [1.165, 1.54) is 0 Å². The number of hydrogen-bond acceptors (Lipinski definition) is 2. The fourth-order valence-electron chi connectivity index (χ4n) is 3.05. The molecule has 2 aliphatic heterocycles. The number of halogens is 2. The molecule has 1 aromatic carbocycles. The minimum atomic E-state index is -0.294. The molecule has 0 spiro atoms. The van der Waals surface area contributed by atoms with E-state index in [1.54, 1.807) is 0 Å². The Labute approximate surface area is 111 Å². The van der Waals surface area contributed by atoms with Crippen molar-refractivity contribution in [1.29, 1.82) is 0 Å². The van der Waals surface area contributed by atoms with E-state index in [9.17, 15) is 0 Å². The van der Waals surface area contributed by atoms with Gasteiger partial charge in [0.25, 0.3) is 0 Å². The Hall–Kier alpha value is -0.280. The van der Waals surface area contributed by atoms with Crippen LogP contribution in [0.5, 0.6) is 0 Å². The second-order valence-electron chi connectivity index (χ2n) is 5.14. The van der Waals surface area contributed by atoms with Gasteiger partial charge in [-0.15, -0.1) is 0 Å². The quantitative estimate of drug-likeness (QED) is 0.897. The van der Waals surface area contributed by atoms with Gasteiger partial charge in [-0.2, -0.15) is 0 Å². The molecule has 3 atom stereocenters. The second kappa shape index (κ2) is 4.13. The Morgan fingerprint density at radius 2 is 2.00 bits per heavy atom. The number of ether oxygens (including phenoxy) is 1. The standard InChI is InChI=1S/C13H15Cl2NO/c14-10-2-1-3-11(15)9(10)7-13(16)6-8-4-5-12(13)17-8/h1-3,8,12H,4-7,16H2. The zero-order valence-electron chi connectivity index (χ0n) is 9.46. The molecular weight excluding hydrogens is 257 g/mol. The zero-order chi connectivity index (χ0) is 12.0. The van der Waals surface area contributed by atoms with Gasteiger partial charge in [0.05, 0.1) is 12.2 Å². The van der Waals surface area contributed by atoms with Crippen LogP contribution in [0.1, 0.15) is 24.8 Å². The summed E-state index contributed by atoms with van der Waals surface area (Å²) >= 11 is 12.4. The first kappa shape index (κ1) is 11.8. The van der Waals surface area contributed by atoms with Gasteiger partial charge in [0.1, 0.15) is 0 Å². The number of nitrogens with two attached hydrogens (primary N) is 1. The van der Waals surface area contributed by atoms with Crippen LogP contribution in [-0.4, -0.2) is 17.7 Å². The van der Waals surface area contributed by atoms with Crippen LogP contribution in [0.4, 0.5) is 0 Å². The Balaban J connectivity index is 1.88. The highest BCUT2D eigenvalue weighted by molar-refractivity contribution is 6.36. The monoisotopic (exact) mass is 271 g/mol. The summed E-state index contributed by atoms with van der Waals surface area (Å²) in [5, 5.41) is 1.40. The molecule has 2 heterocycles. The Morgan fingerprint density at radius 3 is 2.53 bits per heavy atom. The van der Waals surface area contributed by atoms with Crippen LogP contribution in [-0.2, 0) is 11.2 Å². The van der Waals surface area contributed by atoms with Crippen molar-refractivity contribution in [3.05, 3.63) is 33.8 Å². The molecule has 2 aliphatic rings. The topological polar surface area (TPSA) is 35.2 Å². The summed E-state index contributed by atoms with van der Waals surface area (Å²) in [6.07, 6.45) is 4.32. The molecule has 0 aliphatic carbocycles. The molecule has 0 aromatic heterocycles. The highest BCUT2D eigenvalue weighted by atomic mass is 35.5. The van der Waals surface area contributed by atoms with E-state index in [1.807, 2.05) is 18.2 Å². The lowest BCUT2D eigenvalue weighted by Gasteiger charge is -2.31. The molecule has 2 nitrogen and oxygen atoms in total. The maximum absolute atomic E-state index is 6.47. The molecule has 2 saturated heterocycles. The first-order valence-corrected chi connectivity index (χ1v) is 6.71. The van der Waals surface area contributed by atoms with E-state index < -0.39 is 0 Å². The van der Waals surface area contributed by atoms with Crippen molar-refractivity contribution in [2.75, 3.05) is 0 Å². The third-order valence-corrected chi connectivity index (χ3v) is 4.63. The number of benzene rings is 1. The Bertz CT molecular complexity index is 431. The Morgan fingerprint density at radius 1 is 1.29 bits per heavy atom. The normalized spacial score (nSPS) is 35.5. The number of rotatable bonds is 2. The molecule has 0 saturated carbocycles. The molecule has 0 amide bonds. The molecule has 3 unspecified atom stereocenters. The molecule has 1 aromatic rings. The summed E-state index contributed by atoms with van der Waals surface area (Å²) in [4.78, 5) is 0. The first-order chi connectivity index (χ1) is 8.08. The minimum Gasteiger partial charge on any atom is -0.373 e. The van der Waals surface area contributed by atoms with Gasteiger partial charge < -0.3 is 10.5 Å². The lowest BCUT2D eigenvalue weighted by Crippen LogP contribution is -2.50. The van der Waals surface area contributed by atoms with Crippen molar-refractivity contribution >= 4 is 23.2 Å². The third kappa shape index (κ3) is 1.97. The van der Waals surface area contributed by atoms with E-state index in [0.717, 1.165) is 24.8 Å². The fourth-order valence-corrected chi connectivity index (χ4v) is 3.58.